The zero-order valence-corrected chi connectivity index (χ0v) is 19.5. The smallest absolute Gasteiger partial charge is 0.257 e. The topological polar surface area (TPSA) is 51.2 Å². The van der Waals surface area contributed by atoms with Crippen LogP contribution in [0.25, 0.3) is 0 Å². The molecule has 3 aromatic carbocycles. The number of carbonyl (C=O) groups excluding carboxylic acids is 1. The van der Waals surface area contributed by atoms with Gasteiger partial charge < -0.3 is 19.1 Å². The lowest BCUT2D eigenvalue weighted by Gasteiger charge is -2.35. The van der Waals surface area contributed by atoms with Crippen LogP contribution in [0.5, 0.6) is 11.5 Å². The highest BCUT2D eigenvalue weighted by molar-refractivity contribution is 5.97. The molecule has 0 spiro atoms. The number of carbonyl (C=O) groups is 1. The highest BCUT2D eigenvalue weighted by Crippen LogP contribution is 2.32. The van der Waals surface area contributed by atoms with Gasteiger partial charge in [0.2, 0.25) is 0 Å². The average molecular weight is 459 g/mol. The van der Waals surface area contributed by atoms with Gasteiger partial charge in [-0.15, -0.1) is 0 Å². The molecular weight excluding hydrogens is 428 g/mol. The van der Waals surface area contributed by atoms with Crippen molar-refractivity contribution in [3.05, 3.63) is 89.5 Å². The summed E-state index contributed by atoms with van der Waals surface area (Å²) in [5.41, 5.74) is 4.16. The highest BCUT2D eigenvalue weighted by Gasteiger charge is 2.32. The van der Waals surface area contributed by atoms with Crippen LogP contribution in [0.3, 0.4) is 0 Å². The van der Waals surface area contributed by atoms with E-state index in [1.54, 1.807) is 0 Å². The molecule has 1 atom stereocenters. The number of morpholine rings is 1. The van der Waals surface area contributed by atoms with Crippen LogP contribution in [0, 0.1) is 6.92 Å². The Hall–Kier alpha value is -3.35. The van der Waals surface area contributed by atoms with E-state index in [0.29, 0.717) is 32.9 Å². The van der Waals surface area contributed by atoms with Crippen molar-refractivity contribution in [3.8, 4) is 11.5 Å². The summed E-state index contributed by atoms with van der Waals surface area (Å²) in [5, 5.41) is 0. The molecule has 1 saturated heterocycles. The van der Waals surface area contributed by atoms with E-state index in [9.17, 15) is 4.79 Å². The van der Waals surface area contributed by atoms with Gasteiger partial charge in [0.1, 0.15) is 19.3 Å². The molecule has 2 heterocycles. The van der Waals surface area contributed by atoms with Crippen molar-refractivity contribution in [2.24, 2.45) is 0 Å². The number of fused-ring (bicyclic) bond motifs is 1. The largest absolute Gasteiger partial charge is 0.486 e. The summed E-state index contributed by atoms with van der Waals surface area (Å²) in [7, 11) is 0. The summed E-state index contributed by atoms with van der Waals surface area (Å²) in [6, 6.07) is 24.2. The predicted molar refractivity (Wildman–Crippen MR) is 131 cm³/mol. The van der Waals surface area contributed by atoms with Crippen LogP contribution in [0.4, 0.5) is 5.69 Å². The lowest BCUT2D eigenvalue weighted by Crippen LogP contribution is -2.50. The van der Waals surface area contributed by atoms with Crippen molar-refractivity contribution < 1.29 is 19.0 Å². The minimum Gasteiger partial charge on any atom is -0.486 e. The Morgan fingerprint density at radius 3 is 2.50 bits per heavy atom. The van der Waals surface area contributed by atoms with Crippen LogP contribution < -0.4 is 14.4 Å². The molecule has 5 rings (SSSR count). The normalized spacial score (nSPS) is 17.9. The highest BCUT2D eigenvalue weighted by atomic mass is 16.6. The molecule has 0 aromatic heterocycles. The third kappa shape index (κ3) is 5.08. The summed E-state index contributed by atoms with van der Waals surface area (Å²) in [6.45, 7) is 6.27. The van der Waals surface area contributed by atoms with Gasteiger partial charge >= 0.3 is 0 Å². The number of rotatable bonds is 6. The number of hydrogen-bond donors (Lipinski definition) is 0. The van der Waals surface area contributed by atoms with Crippen LogP contribution in [-0.4, -0.2) is 49.8 Å². The molecule has 0 radical (unpaired) electrons. The predicted octanol–water partition coefficient (Wildman–Crippen LogP) is 4.20. The van der Waals surface area contributed by atoms with Crippen molar-refractivity contribution in [2.75, 3.05) is 37.8 Å². The number of benzene rings is 3. The summed E-state index contributed by atoms with van der Waals surface area (Å²) in [6.07, 6.45) is -0.519. The van der Waals surface area contributed by atoms with Gasteiger partial charge in [0.25, 0.3) is 5.91 Å². The molecule has 176 valence electrons. The first-order valence-electron chi connectivity index (χ1n) is 11.8. The second-order valence-electron chi connectivity index (χ2n) is 8.77. The first-order chi connectivity index (χ1) is 16.7. The van der Waals surface area contributed by atoms with Crippen LogP contribution in [-0.2, 0) is 22.6 Å². The third-order valence-corrected chi connectivity index (χ3v) is 6.29. The van der Waals surface area contributed by atoms with Gasteiger partial charge in [-0.25, -0.2) is 0 Å². The summed E-state index contributed by atoms with van der Waals surface area (Å²) < 4.78 is 17.4. The van der Waals surface area contributed by atoms with Gasteiger partial charge in [0, 0.05) is 25.3 Å². The summed E-state index contributed by atoms with van der Waals surface area (Å²) in [4.78, 5) is 18.0. The van der Waals surface area contributed by atoms with Crippen molar-refractivity contribution in [1.29, 1.82) is 0 Å². The van der Waals surface area contributed by atoms with Gasteiger partial charge in [-0.3, -0.25) is 9.69 Å². The van der Waals surface area contributed by atoms with E-state index in [-0.39, 0.29) is 5.91 Å². The first kappa shape index (κ1) is 22.4. The Kier molecular flexibility index (Phi) is 6.79. The summed E-state index contributed by atoms with van der Waals surface area (Å²) >= 11 is 0. The fourth-order valence-electron chi connectivity index (χ4n) is 4.53. The Morgan fingerprint density at radius 1 is 0.912 bits per heavy atom. The van der Waals surface area contributed by atoms with Crippen LogP contribution in [0.1, 0.15) is 16.7 Å². The van der Waals surface area contributed by atoms with E-state index >= 15 is 0 Å². The molecule has 0 saturated carbocycles. The Morgan fingerprint density at radius 2 is 1.68 bits per heavy atom. The molecule has 0 N–H and O–H groups in total. The van der Waals surface area contributed by atoms with E-state index < -0.39 is 6.10 Å². The SMILES string of the molecule is Cc1ccccc1N(Cc1ccc2c(c1)OCCO2)C(=O)C1CN(Cc2ccccc2)CCO1. The molecule has 3 aromatic rings. The molecule has 1 amide bonds. The fourth-order valence-corrected chi connectivity index (χ4v) is 4.53. The zero-order chi connectivity index (χ0) is 23.3. The maximum atomic E-state index is 13.9. The number of nitrogens with zero attached hydrogens (tertiary/aromatic N) is 2. The monoisotopic (exact) mass is 458 g/mol. The molecule has 2 aliphatic rings. The van der Waals surface area contributed by atoms with E-state index in [1.807, 2.05) is 72.5 Å². The lowest BCUT2D eigenvalue weighted by atomic mass is 10.1. The number of anilines is 1. The molecule has 6 nitrogen and oxygen atoms in total. The number of aryl methyl sites for hydroxylation is 1. The van der Waals surface area contributed by atoms with Gasteiger partial charge in [-0.05, 0) is 41.8 Å². The molecule has 0 aliphatic carbocycles. The van der Waals surface area contributed by atoms with Crippen LogP contribution >= 0.6 is 0 Å². The van der Waals surface area contributed by atoms with Crippen LogP contribution in [0.2, 0.25) is 0 Å². The number of hydrogen-bond acceptors (Lipinski definition) is 5. The van der Waals surface area contributed by atoms with Crippen molar-refractivity contribution in [1.82, 2.24) is 4.90 Å². The van der Waals surface area contributed by atoms with Crippen molar-refractivity contribution in [2.45, 2.75) is 26.1 Å². The Labute approximate surface area is 200 Å². The van der Waals surface area contributed by atoms with E-state index in [0.717, 1.165) is 41.4 Å². The van der Waals surface area contributed by atoms with Crippen LogP contribution in [0.15, 0.2) is 72.8 Å². The Balaban J connectivity index is 1.37. The van der Waals surface area contributed by atoms with E-state index in [2.05, 4.69) is 17.0 Å². The second kappa shape index (κ2) is 10.3. The quantitative estimate of drug-likeness (QED) is 0.554. The molecule has 1 unspecified atom stereocenters. The minimum absolute atomic E-state index is 0.0260. The van der Waals surface area contributed by atoms with Gasteiger partial charge in [0.15, 0.2) is 11.5 Å². The van der Waals surface area contributed by atoms with Gasteiger partial charge in [0.05, 0.1) is 13.2 Å². The number of amides is 1. The van der Waals surface area contributed by atoms with Gasteiger partial charge in [-0.1, -0.05) is 54.6 Å². The Bertz CT molecular complexity index is 1130. The molecular formula is C28H30N2O4. The first-order valence-corrected chi connectivity index (χ1v) is 11.8. The maximum Gasteiger partial charge on any atom is 0.257 e. The summed E-state index contributed by atoms with van der Waals surface area (Å²) in [5.74, 6) is 1.45. The van der Waals surface area contributed by atoms with Gasteiger partial charge in [-0.2, -0.15) is 0 Å². The standard InChI is InChI=1S/C28H30N2O4/c1-21-7-5-6-10-24(21)30(19-23-11-12-25-26(17-23)34-16-15-33-25)28(31)27-20-29(13-14-32-27)18-22-8-3-2-4-9-22/h2-12,17,27H,13-16,18-20H2,1H3. The molecule has 2 aliphatic heterocycles. The van der Waals surface area contributed by atoms with E-state index in [1.165, 1.54) is 5.56 Å². The zero-order valence-electron chi connectivity index (χ0n) is 19.5. The maximum absolute atomic E-state index is 13.9. The van der Waals surface area contributed by atoms with Crippen molar-refractivity contribution in [3.63, 3.8) is 0 Å². The lowest BCUT2D eigenvalue weighted by molar-refractivity contribution is -0.136. The minimum atomic E-state index is -0.519. The molecule has 6 heteroatoms. The average Bonchev–Trinajstić information content (AvgIpc) is 2.88. The second-order valence-corrected chi connectivity index (χ2v) is 8.77. The molecule has 1 fully saturated rings. The number of para-hydroxylation sites is 1. The molecule has 34 heavy (non-hydrogen) atoms. The number of ether oxygens (including phenoxy) is 3. The third-order valence-electron chi connectivity index (χ3n) is 6.29. The van der Waals surface area contributed by atoms with E-state index in [4.69, 9.17) is 14.2 Å². The fraction of sp³-hybridized carbons (Fsp3) is 0.321. The van der Waals surface area contributed by atoms with Crippen molar-refractivity contribution >= 4 is 11.6 Å². The molecule has 0 bridgehead atoms.